The molecule has 3 unspecified atom stereocenters. The molecule has 0 fully saturated rings. The third-order valence-electron chi connectivity index (χ3n) is 6.42. The van der Waals surface area contributed by atoms with Gasteiger partial charge in [0.2, 0.25) is 0 Å². The highest BCUT2D eigenvalue weighted by molar-refractivity contribution is 6.32. The third kappa shape index (κ3) is 10.7. The molecule has 0 saturated carbocycles. The molecule has 3 atom stereocenters. The summed E-state index contributed by atoms with van der Waals surface area (Å²) in [4.78, 5) is 23.0. The van der Waals surface area contributed by atoms with E-state index in [9.17, 15) is 18.4 Å². The Kier molecular flexibility index (Phi) is 15.4. The van der Waals surface area contributed by atoms with E-state index in [0.29, 0.717) is 17.9 Å². The van der Waals surface area contributed by atoms with Gasteiger partial charge in [0.15, 0.2) is 5.83 Å². The number of halogens is 3. The predicted octanol–water partition coefficient (Wildman–Crippen LogP) is 8.89. The van der Waals surface area contributed by atoms with Crippen molar-refractivity contribution in [2.45, 2.75) is 54.4 Å². The van der Waals surface area contributed by atoms with Gasteiger partial charge < -0.3 is 14.9 Å². The highest BCUT2D eigenvalue weighted by Crippen LogP contribution is 2.44. The standard InChI is InChI=1S/C22H21ClO2.C9H15F2N.C2H6/c1-14-3-6-16(7-4-14)20-10-17(12-24)18(13-25)11-21(20)19-8-5-15(2)9-22(19)23;1-7(6-12-3)4-5-9(11)8(2)10;1-2/h3-9,12-13,17-18H,10-11H2,1-2H3;4-5,7,12H,6H2,1-3H3;1-2H3/b;5-4-,9-8-;. The fourth-order valence-electron chi connectivity index (χ4n) is 4.26. The largest absolute Gasteiger partial charge is 0.319 e. The number of nitrogens with one attached hydrogen (secondary N) is 1. The zero-order chi connectivity index (χ0) is 29.5. The second-order valence-electron chi connectivity index (χ2n) is 9.59. The summed E-state index contributed by atoms with van der Waals surface area (Å²) in [5.41, 5.74) is 6.52. The van der Waals surface area contributed by atoms with Crippen LogP contribution < -0.4 is 5.32 Å². The Hall–Kier alpha value is -2.89. The van der Waals surface area contributed by atoms with Gasteiger partial charge in [-0.3, -0.25) is 0 Å². The van der Waals surface area contributed by atoms with Gasteiger partial charge in [0, 0.05) is 23.4 Å². The average molecular weight is 558 g/mol. The number of hydrogen-bond donors (Lipinski definition) is 1. The molecule has 0 aromatic heterocycles. The van der Waals surface area contributed by atoms with E-state index < -0.39 is 11.7 Å². The Labute approximate surface area is 238 Å². The van der Waals surface area contributed by atoms with Gasteiger partial charge >= 0.3 is 0 Å². The first kappa shape index (κ1) is 34.1. The SMILES string of the molecule is CC.CNCC(C)/C=C\C(F)=C(/C)F.Cc1ccc(C2=C(c3ccc(C)cc3Cl)CC(C=O)C(C=O)C2)cc1. The summed E-state index contributed by atoms with van der Waals surface area (Å²) in [5.74, 6) is -1.93. The first-order chi connectivity index (χ1) is 18.6. The second kappa shape index (κ2) is 17.6. The lowest BCUT2D eigenvalue weighted by Gasteiger charge is -2.30. The Morgan fingerprint density at radius 2 is 1.51 bits per heavy atom. The molecular formula is C33H42ClF2NO2. The van der Waals surface area contributed by atoms with Crippen molar-refractivity contribution in [2.24, 2.45) is 17.8 Å². The highest BCUT2D eigenvalue weighted by Gasteiger charge is 2.31. The van der Waals surface area contributed by atoms with E-state index in [1.165, 1.54) is 5.56 Å². The zero-order valence-electron chi connectivity index (χ0n) is 24.2. The summed E-state index contributed by atoms with van der Waals surface area (Å²) >= 11 is 6.51. The van der Waals surface area contributed by atoms with Gasteiger partial charge in [0.05, 0.1) is 0 Å². The van der Waals surface area contributed by atoms with Crippen LogP contribution in [0.2, 0.25) is 5.02 Å². The fourth-order valence-corrected chi connectivity index (χ4v) is 4.61. The minimum absolute atomic E-state index is 0.208. The predicted molar refractivity (Wildman–Crippen MR) is 161 cm³/mol. The molecule has 0 amide bonds. The van der Waals surface area contributed by atoms with Crippen molar-refractivity contribution >= 4 is 35.3 Å². The molecule has 2 aromatic rings. The Balaban J connectivity index is 0.000000461. The van der Waals surface area contributed by atoms with Crippen molar-refractivity contribution in [3.8, 4) is 0 Å². The van der Waals surface area contributed by atoms with Crippen molar-refractivity contribution in [3.05, 3.63) is 93.5 Å². The maximum absolute atomic E-state index is 12.5. The molecule has 0 saturated heterocycles. The van der Waals surface area contributed by atoms with Gasteiger partial charge in [-0.25, -0.2) is 8.78 Å². The van der Waals surface area contributed by atoms with Crippen LogP contribution in [0.5, 0.6) is 0 Å². The lowest BCUT2D eigenvalue weighted by molar-refractivity contribution is -0.119. The molecule has 1 N–H and O–H groups in total. The summed E-state index contributed by atoms with van der Waals surface area (Å²) < 4.78 is 24.7. The second-order valence-corrected chi connectivity index (χ2v) is 10.00. The van der Waals surface area contributed by atoms with Crippen LogP contribution in [0.25, 0.3) is 11.1 Å². The van der Waals surface area contributed by atoms with Gasteiger partial charge in [0.1, 0.15) is 18.4 Å². The summed E-state index contributed by atoms with van der Waals surface area (Å²) in [7, 11) is 1.82. The number of carbonyl (C=O) groups excluding carboxylic acids is 2. The van der Waals surface area contributed by atoms with Gasteiger partial charge in [-0.2, -0.15) is 0 Å². The van der Waals surface area contributed by atoms with E-state index in [2.05, 4.69) is 29.6 Å². The molecule has 39 heavy (non-hydrogen) atoms. The first-order valence-corrected chi connectivity index (χ1v) is 13.8. The lowest BCUT2D eigenvalue weighted by Crippen LogP contribution is -2.23. The summed E-state index contributed by atoms with van der Waals surface area (Å²) in [6.07, 6.45) is 5.73. The maximum Gasteiger partial charge on any atom is 0.153 e. The average Bonchev–Trinajstić information content (AvgIpc) is 2.93. The number of aryl methyl sites for hydroxylation is 2. The van der Waals surface area contributed by atoms with Crippen molar-refractivity contribution in [3.63, 3.8) is 0 Å². The molecule has 0 radical (unpaired) electrons. The Morgan fingerprint density at radius 1 is 0.974 bits per heavy atom. The van der Waals surface area contributed by atoms with E-state index >= 15 is 0 Å². The Morgan fingerprint density at radius 3 is 2.00 bits per heavy atom. The molecule has 2 aromatic carbocycles. The molecule has 3 nitrogen and oxygen atoms in total. The van der Waals surface area contributed by atoms with Crippen molar-refractivity contribution in [1.82, 2.24) is 5.32 Å². The molecular weight excluding hydrogens is 516 g/mol. The molecule has 212 valence electrons. The van der Waals surface area contributed by atoms with Gasteiger partial charge in [-0.05, 0) is 86.6 Å². The smallest absolute Gasteiger partial charge is 0.153 e. The summed E-state index contributed by atoms with van der Waals surface area (Å²) in [5, 5.41) is 3.63. The topological polar surface area (TPSA) is 46.2 Å². The number of rotatable bonds is 8. The maximum atomic E-state index is 12.5. The number of allylic oxidation sites excluding steroid dienone is 5. The van der Waals surface area contributed by atoms with E-state index in [4.69, 9.17) is 11.6 Å². The van der Waals surface area contributed by atoms with Crippen LogP contribution in [0.4, 0.5) is 8.78 Å². The molecule has 3 rings (SSSR count). The number of benzene rings is 2. The van der Waals surface area contributed by atoms with Crippen LogP contribution in [-0.2, 0) is 9.59 Å². The monoisotopic (exact) mass is 557 g/mol. The first-order valence-electron chi connectivity index (χ1n) is 13.4. The number of carbonyl (C=O) groups is 2. The van der Waals surface area contributed by atoms with Crippen LogP contribution in [0.1, 0.15) is 62.8 Å². The van der Waals surface area contributed by atoms with Gasteiger partial charge in [-0.15, -0.1) is 0 Å². The molecule has 0 bridgehead atoms. The quantitative estimate of drug-likeness (QED) is 0.260. The van der Waals surface area contributed by atoms with Crippen LogP contribution >= 0.6 is 11.6 Å². The summed E-state index contributed by atoms with van der Waals surface area (Å²) in [6.45, 7) is 11.8. The molecule has 1 aliphatic carbocycles. The van der Waals surface area contributed by atoms with Crippen molar-refractivity contribution < 1.29 is 18.4 Å². The molecule has 0 heterocycles. The van der Waals surface area contributed by atoms with Gasteiger partial charge in [-0.1, -0.05) is 80.4 Å². The van der Waals surface area contributed by atoms with E-state index in [1.807, 2.05) is 59.9 Å². The van der Waals surface area contributed by atoms with Crippen molar-refractivity contribution in [2.75, 3.05) is 13.6 Å². The number of hydrogen-bond acceptors (Lipinski definition) is 3. The molecule has 0 spiro atoms. The van der Waals surface area contributed by atoms with Gasteiger partial charge in [0.25, 0.3) is 0 Å². The fraction of sp³-hybridized carbons (Fsp3) is 0.394. The van der Waals surface area contributed by atoms with E-state index in [-0.39, 0.29) is 17.8 Å². The van der Waals surface area contributed by atoms with Crippen LogP contribution in [-0.4, -0.2) is 26.2 Å². The van der Waals surface area contributed by atoms with Crippen LogP contribution in [0.3, 0.4) is 0 Å². The highest BCUT2D eigenvalue weighted by atomic mass is 35.5. The van der Waals surface area contributed by atoms with Crippen LogP contribution in [0, 0.1) is 31.6 Å². The van der Waals surface area contributed by atoms with Crippen LogP contribution in [0.15, 0.2) is 66.3 Å². The molecule has 6 heteroatoms. The Bertz CT molecular complexity index is 1160. The zero-order valence-corrected chi connectivity index (χ0v) is 24.9. The van der Waals surface area contributed by atoms with E-state index in [1.54, 1.807) is 6.08 Å². The minimum atomic E-state index is -0.794. The minimum Gasteiger partial charge on any atom is -0.319 e. The van der Waals surface area contributed by atoms with E-state index in [0.717, 1.165) is 60.0 Å². The third-order valence-corrected chi connectivity index (χ3v) is 6.73. The summed E-state index contributed by atoms with van der Waals surface area (Å²) in [6, 6.07) is 14.3. The molecule has 0 aliphatic heterocycles. The number of aldehydes is 2. The van der Waals surface area contributed by atoms with Crippen molar-refractivity contribution in [1.29, 1.82) is 0 Å². The lowest BCUT2D eigenvalue weighted by atomic mass is 9.73. The normalized spacial score (nSPS) is 18.3. The molecule has 1 aliphatic rings.